The number of nitrogens with one attached hydrogen (secondary N) is 3. The molecule has 2 saturated carbocycles. The average Bonchev–Trinajstić information content (AvgIpc) is 3.11. The number of anilines is 2. The molecule has 5 rings (SSSR count). The van der Waals surface area contributed by atoms with E-state index in [1.54, 1.807) is 24.3 Å². The monoisotopic (exact) mass is 707 g/mol. The normalized spacial score (nSPS) is 14.0. The number of aromatic nitrogens is 2. The van der Waals surface area contributed by atoms with Gasteiger partial charge in [-0.15, -0.1) is 0 Å². The van der Waals surface area contributed by atoms with Crippen LogP contribution in [0.5, 0.6) is 0 Å². The maximum atomic E-state index is 12.2. The third-order valence-corrected chi connectivity index (χ3v) is 8.22. The van der Waals surface area contributed by atoms with E-state index < -0.39 is 5.97 Å². The summed E-state index contributed by atoms with van der Waals surface area (Å²) in [5.41, 5.74) is 7.37. The number of nitrogens with zero attached hydrogens (tertiary/aromatic N) is 3. The van der Waals surface area contributed by atoms with Crippen molar-refractivity contribution in [3.05, 3.63) is 103 Å². The van der Waals surface area contributed by atoms with Crippen molar-refractivity contribution in [2.45, 2.75) is 76.5 Å². The molecule has 260 valence electrons. The van der Waals surface area contributed by atoms with E-state index in [1.165, 1.54) is 32.8 Å². The van der Waals surface area contributed by atoms with Gasteiger partial charge >= 0.3 is 12.5 Å². The zero-order valence-electron chi connectivity index (χ0n) is 27.6. The smallest absolute Gasteiger partial charge is 0.386 e. The number of carbonyl (C=O) groups excluding carboxylic acids is 2. The number of methoxy groups -OCH3 is 1. The number of hydrogen-bond donors (Lipinski definition) is 4. The molecule has 0 spiro atoms. The van der Waals surface area contributed by atoms with Crippen LogP contribution in [0.15, 0.2) is 53.3 Å². The molecule has 5 N–H and O–H groups in total. The minimum Gasteiger partial charge on any atom is -0.464 e. The average molecular weight is 709 g/mol. The maximum absolute atomic E-state index is 12.2. The predicted molar refractivity (Wildman–Crippen MR) is 195 cm³/mol. The van der Waals surface area contributed by atoms with Crippen molar-refractivity contribution in [3.8, 4) is 0 Å². The third kappa shape index (κ3) is 15.8. The van der Waals surface area contributed by atoms with Crippen molar-refractivity contribution in [3.63, 3.8) is 0 Å². The van der Waals surface area contributed by atoms with Crippen molar-refractivity contribution in [1.82, 2.24) is 9.97 Å². The fourth-order valence-corrected chi connectivity index (χ4v) is 5.46. The molecule has 3 aromatic rings. The summed E-state index contributed by atoms with van der Waals surface area (Å²) in [5, 5.41) is 11.5. The molecule has 2 aliphatic carbocycles. The van der Waals surface area contributed by atoms with Crippen LogP contribution >= 0.6 is 23.2 Å². The lowest BCUT2D eigenvalue weighted by Gasteiger charge is -2.22. The second-order valence-corrected chi connectivity index (χ2v) is 12.4. The van der Waals surface area contributed by atoms with Crippen LogP contribution in [0.2, 0.25) is 10.0 Å². The quantitative estimate of drug-likeness (QED) is 0.0630. The number of nitrogens with two attached hydrogens (primary N) is 1. The summed E-state index contributed by atoms with van der Waals surface area (Å²) in [4.78, 5) is 45.7. The molecule has 2 fully saturated rings. The Morgan fingerprint density at radius 2 is 1.55 bits per heavy atom. The lowest BCUT2D eigenvalue weighted by molar-refractivity contribution is -0.138. The van der Waals surface area contributed by atoms with Gasteiger partial charge < -0.3 is 30.4 Å². The Morgan fingerprint density at radius 3 is 2.00 bits per heavy atom. The SMILES string of the molecule is N=C(N)Cc1ccc(Cl)cc1.O=CC1CCCCC1.[C-]#[N+]CC(=O)OC.[C-]#[N+]c1c(C2CCCCC2)nc(Nc2ccc(Cl)cc2)[nH]c1=O. The molecule has 2 aromatic carbocycles. The van der Waals surface area contributed by atoms with E-state index in [1.807, 2.05) is 24.3 Å². The number of aromatic amines is 1. The van der Waals surface area contributed by atoms with E-state index in [-0.39, 0.29) is 29.5 Å². The predicted octanol–water partition coefficient (Wildman–Crippen LogP) is 8.43. The Kier molecular flexibility index (Phi) is 18.8. The molecule has 0 saturated heterocycles. The highest BCUT2D eigenvalue weighted by atomic mass is 35.5. The van der Waals surface area contributed by atoms with E-state index in [0.29, 0.717) is 34.0 Å². The molecule has 0 unspecified atom stereocenters. The standard InChI is InChI=1S/C17H17ClN4O.C8H9ClN2.C7H12O.C4H5NO2/c1-19-15-14(11-5-3-2-4-6-11)21-17(22-16(15)23)20-13-9-7-12(18)8-10-13;9-7-3-1-6(2-4-7)5-8(10)11;8-6-7-4-2-1-3-5-7;1-5-3-4(6)7-2/h7-11H,2-6H2,(H2,20,21,22,23);1-4H,5H2,(H3,10,11);6-7H,1-5H2;3H2,2H3. The first-order valence-electron chi connectivity index (χ1n) is 16.1. The van der Waals surface area contributed by atoms with Crippen molar-refractivity contribution in [1.29, 1.82) is 5.41 Å². The van der Waals surface area contributed by atoms with Gasteiger partial charge in [-0.25, -0.2) is 21.2 Å². The first kappa shape index (κ1) is 40.5. The zero-order valence-corrected chi connectivity index (χ0v) is 29.2. The first-order valence-corrected chi connectivity index (χ1v) is 16.8. The molecule has 11 nitrogen and oxygen atoms in total. The number of carbonyl (C=O) groups is 2. The first-order chi connectivity index (χ1) is 23.6. The van der Waals surface area contributed by atoms with Crippen LogP contribution in [-0.2, 0) is 20.7 Å². The molecule has 1 aromatic heterocycles. The van der Waals surface area contributed by atoms with E-state index in [9.17, 15) is 14.4 Å². The van der Waals surface area contributed by atoms with Crippen LogP contribution < -0.4 is 16.6 Å². The molecule has 0 atom stereocenters. The van der Waals surface area contributed by atoms with Crippen LogP contribution in [-0.4, -0.2) is 41.7 Å². The lowest BCUT2D eigenvalue weighted by atomic mass is 9.86. The molecule has 0 amide bonds. The van der Waals surface area contributed by atoms with Gasteiger partial charge in [0.05, 0.1) is 25.2 Å². The third-order valence-electron chi connectivity index (χ3n) is 7.72. The molecular formula is C36H43Cl2N7O4. The van der Waals surface area contributed by atoms with Gasteiger partial charge in [0.25, 0.3) is 11.2 Å². The number of amidine groups is 1. The summed E-state index contributed by atoms with van der Waals surface area (Å²) in [6, 6.07) is 14.5. The van der Waals surface area contributed by atoms with Gasteiger partial charge in [-0.05, 0) is 73.6 Å². The van der Waals surface area contributed by atoms with E-state index in [4.69, 9.17) is 47.5 Å². The second kappa shape index (κ2) is 22.8. The van der Waals surface area contributed by atoms with Crippen molar-refractivity contribution < 1.29 is 14.3 Å². The van der Waals surface area contributed by atoms with E-state index >= 15 is 0 Å². The fourth-order valence-electron chi connectivity index (χ4n) is 5.20. The Balaban J connectivity index is 0.000000265. The van der Waals surface area contributed by atoms with Crippen LogP contribution in [0.25, 0.3) is 9.69 Å². The van der Waals surface area contributed by atoms with Gasteiger partial charge in [0.2, 0.25) is 5.95 Å². The number of benzene rings is 2. The summed E-state index contributed by atoms with van der Waals surface area (Å²) in [7, 11) is 1.26. The van der Waals surface area contributed by atoms with Gasteiger partial charge in [-0.1, -0.05) is 73.9 Å². The van der Waals surface area contributed by atoms with Gasteiger partial charge in [0.15, 0.2) is 0 Å². The highest BCUT2D eigenvalue weighted by molar-refractivity contribution is 6.30. The fraction of sp³-hybridized carbons (Fsp3) is 0.417. The number of H-pyrrole nitrogens is 1. The molecule has 49 heavy (non-hydrogen) atoms. The Bertz CT molecular complexity index is 1620. The van der Waals surface area contributed by atoms with Gasteiger partial charge in [0.1, 0.15) is 6.29 Å². The van der Waals surface area contributed by atoms with Crippen molar-refractivity contribution >= 4 is 58.6 Å². The van der Waals surface area contributed by atoms with Crippen LogP contribution in [0, 0.1) is 24.5 Å². The van der Waals surface area contributed by atoms with Crippen LogP contribution in [0.1, 0.15) is 81.4 Å². The molecule has 2 aliphatic rings. The highest BCUT2D eigenvalue weighted by Crippen LogP contribution is 2.35. The van der Waals surface area contributed by atoms with Gasteiger partial charge in [0, 0.05) is 28.1 Å². The number of ether oxygens (including phenoxy) is 1. The number of hydrogen-bond acceptors (Lipinski definition) is 7. The largest absolute Gasteiger partial charge is 0.464 e. The van der Waals surface area contributed by atoms with E-state index in [2.05, 4.69) is 29.7 Å². The molecular weight excluding hydrogens is 665 g/mol. The summed E-state index contributed by atoms with van der Waals surface area (Å²) in [5.74, 6) is 0.664. The second-order valence-electron chi connectivity index (χ2n) is 11.5. The molecule has 0 bridgehead atoms. The summed E-state index contributed by atoms with van der Waals surface area (Å²) in [6.07, 6.45) is 13.2. The summed E-state index contributed by atoms with van der Waals surface area (Å²) >= 11 is 11.5. The maximum Gasteiger partial charge on any atom is 0.386 e. The van der Waals surface area contributed by atoms with Crippen molar-refractivity contribution in [2.24, 2.45) is 11.7 Å². The Labute approximate surface area is 297 Å². The number of esters is 1. The Hall–Kier alpha value is -4.71. The minimum absolute atomic E-state index is 0.124. The highest BCUT2D eigenvalue weighted by Gasteiger charge is 2.23. The number of rotatable bonds is 7. The topological polar surface area (TPSA) is 160 Å². The molecule has 0 radical (unpaired) electrons. The number of halogens is 2. The Morgan fingerprint density at radius 1 is 1.00 bits per heavy atom. The minimum atomic E-state index is -0.477. The zero-order chi connectivity index (χ0) is 36.0. The van der Waals surface area contributed by atoms with E-state index in [0.717, 1.165) is 56.1 Å². The molecule has 0 aliphatic heterocycles. The van der Waals surface area contributed by atoms with Gasteiger partial charge in [-0.3, -0.25) is 10.2 Å². The summed E-state index contributed by atoms with van der Waals surface area (Å²) in [6.45, 7) is 13.3. The van der Waals surface area contributed by atoms with Crippen LogP contribution in [0.4, 0.5) is 17.3 Å². The molecule has 13 heteroatoms. The van der Waals surface area contributed by atoms with Crippen molar-refractivity contribution in [2.75, 3.05) is 19.0 Å². The number of aldehydes is 1. The lowest BCUT2D eigenvalue weighted by Crippen LogP contribution is -2.16. The van der Waals surface area contributed by atoms with Gasteiger partial charge in [-0.2, -0.15) is 0 Å². The van der Waals surface area contributed by atoms with Crippen LogP contribution in [0.3, 0.4) is 0 Å². The summed E-state index contributed by atoms with van der Waals surface area (Å²) < 4.78 is 4.14. The molecule has 1 heterocycles.